The molecule has 0 saturated carbocycles. The Hall–Kier alpha value is -2.39. The summed E-state index contributed by atoms with van der Waals surface area (Å²) >= 11 is 1.78. The highest BCUT2D eigenvalue weighted by molar-refractivity contribution is 7.98. The number of benzene rings is 3. The fourth-order valence-corrected chi connectivity index (χ4v) is 3.66. The summed E-state index contributed by atoms with van der Waals surface area (Å²) in [7, 11) is 4.09. The molecule has 166 valence electrons. The lowest BCUT2D eigenvalue weighted by Crippen LogP contribution is -2.17. The second-order valence-electron chi connectivity index (χ2n) is 8.28. The van der Waals surface area contributed by atoms with Gasteiger partial charge in [0.15, 0.2) is 0 Å². The standard InChI is InChI=1S/C11H15N.C9H13N.C8H10S/c1-10-4-6-11(7-5-10)12-8-2-3-9-12;1-8-4-6-9(7-5-8)10(2)3;1-7-3-5-8(9-2)6-4-7/h4-7H,2-3,8-9H2,1H3;4-7H,1-3H3;3-6H,1-2H3. The zero-order valence-electron chi connectivity index (χ0n) is 20.1. The summed E-state index contributed by atoms with van der Waals surface area (Å²) in [4.78, 5) is 5.89. The maximum Gasteiger partial charge on any atom is 0.0366 e. The summed E-state index contributed by atoms with van der Waals surface area (Å²) in [6.45, 7) is 8.81. The maximum atomic E-state index is 2.46. The summed E-state index contributed by atoms with van der Waals surface area (Å²) in [5.41, 5.74) is 6.63. The average Bonchev–Trinajstić information content (AvgIpc) is 3.31. The largest absolute Gasteiger partial charge is 0.378 e. The van der Waals surface area contributed by atoms with E-state index < -0.39 is 0 Å². The fraction of sp³-hybridized carbons (Fsp3) is 0.357. The molecule has 1 saturated heterocycles. The molecule has 4 rings (SSSR count). The number of anilines is 2. The monoisotopic (exact) mass is 434 g/mol. The summed E-state index contributed by atoms with van der Waals surface area (Å²) < 4.78 is 0. The SMILES string of the molecule is CSc1ccc(C)cc1.Cc1ccc(N(C)C)cc1.Cc1ccc(N2CCCC2)cc1. The van der Waals surface area contributed by atoms with E-state index in [1.165, 1.54) is 58.9 Å². The Labute approximate surface area is 194 Å². The molecule has 0 unspecified atom stereocenters. The number of hydrogen-bond donors (Lipinski definition) is 0. The molecule has 3 aromatic carbocycles. The van der Waals surface area contributed by atoms with E-state index in [2.05, 4.69) is 110 Å². The van der Waals surface area contributed by atoms with E-state index in [4.69, 9.17) is 0 Å². The van der Waals surface area contributed by atoms with Gasteiger partial charge in [-0.1, -0.05) is 53.1 Å². The van der Waals surface area contributed by atoms with Crippen molar-refractivity contribution in [3.05, 3.63) is 89.5 Å². The second kappa shape index (κ2) is 13.1. The van der Waals surface area contributed by atoms with E-state index >= 15 is 0 Å². The first-order valence-corrected chi connectivity index (χ1v) is 12.3. The van der Waals surface area contributed by atoms with Gasteiger partial charge in [0.1, 0.15) is 0 Å². The van der Waals surface area contributed by atoms with Crippen LogP contribution in [0.1, 0.15) is 29.5 Å². The smallest absolute Gasteiger partial charge is 0.0366 e. The van der Waals surface area contributed by atoms with Gasteiger partial charge in [-0.3, -0.25) is 0 Å². The van der Waals surface area contributed by atoms with E-state index in [9.17, 15) is 0 Å². The number of aryl methyl sites for hydroxylation is 3. The van der Waals surface area contributed by atoms with Crippen LogP contribution in [0.25, 0.3) is 0 Å². The van der Waals surface area contributed by atoms with Crippen molar-refractivity contribution in [3.8, 4) is 0 Å². The van der Waals surface area contributed by atoms with Crippen molar-refractivity contribution < 1.29 is 0 Å². The van der Waals surface area contributed by atoms with Crippen LogP contribution >= 0.6 is 11.8 Å². The lowest BCUT2D eigenvalue weighted by molar-refractivity contribution is 0.949. The fourth-order valence-electron chi connectivity index (χ4n) is 3.25. The van der Waals surface area contributed by atoms with Crippen molar-refractivity contribution in [2.24, 2.45) is 0 Å². The minimum atomic E-state index is 1.24. The topological polar surface area (TPSA) is 6.48 Å². The molecular weight excluding hydrogens is 396 g/mol. The molecule has 1 heterocycles. The Balaban J connectivity index is 0.000000167. The van der Waals surface area contributed by atoms with Gasteiger partial charge in [0.05, 0.1) is 0 Å². The van der Waals surface area contributed by atoms with Crippen molar-refractivity contribution >= 4 is 23.1 Å². The molecule has 0 spiro atoms. The van der Waals surface area contributed by atoms with Crippen molar-refractivity contribution in [1.82, 2.24) is 0 Å². The minimum absolute atomic E-state index is 1.24. The van der Waals surface area contributed by atoms with Gasteiger partial charge in [0, 0.05) is 43.5 Å². The van der Waals surface area contributed by atoms with Crippen LogP contribution in [0.15, 0.2) is 77.7 Å². The maximum absolute atomic E-state index is 2.46. The van der Waals surface area contributed by atoms with Gasteiger partial charge >= 0.3 is 0 Å². The van der Waals surface area contributed by atoms with Crippen molar-refractivity contribution in [2.45, 2.75) is 38.5 Å². The molecule has 1 fully saturated rings. The van der Waals surface area contributed by atoms with Gasteiger partial charge in [0.2, 0.25) is 0 Å². The highest BCUT2D eigenvalue weighted by Crippen LogP contribution is 2.20. The highest BCUT2D eigenvalue weighted by Gasteiger charge is 2.10. The Morgan fingerprint density at radius 1 is 0.645 bits per heavy atom. The van der Waals surface area contributed by atoms with Gasteiger partial charge in [-0.15, -0.1) is 11.8 Å². The third-order valence-electron chi connectivity index (χ3n) is 5.31. The molecule has 1 aliphatic heterocycles. The summed E-state index contributed by atoms with van der Waals surface area (Å²) in [5, 5.41) is 0. The molecule has 0 atom stereocenters. The van der Waals surface area contributed by atoms with E-state index in [1.54, 1.807) is 11.8 Å². The van der Waals surface area contributed by atoms with Crippen LogP contribution in [0, 0.1) is 20.8 Å². The Bertz CT molecular complexity index is 862. The third kappa shape index (κ3) is 9.10. The summed E-state index contributed by atoms with van der Waals surface area (Å²) in [5.74, 6) is 0. The Morgan fingerprint density at radius 3 is 1.48 bits per heavy atom. The van der Waals surface area contributed by atoms with Crippen molar-refractivity contribution in [3.63, 3.8) is 0 Å². The summed E-state index contributed by atoms with van der Waals surface area (Å²) in [6.07, 6.45) is 4.80. The second-order valence-corrected chi connectivity index (χ2v) is 9.16. The van der Waals surface area contributed by atoms with Crippen LogP contribution < -0.4 is 9.80 Å². The van der Waals surface area contributed by atoms with Gasteiger partial charge in [-0.25, -0.2) is 0 Å². The van der Waals surface area contributed by atoms with Crippen molar-refractivity contribution in [1.29, 1.82) is 0 Å². The molecular formula is C28H38N2S. The van der Waals surface area contributed by atoms with Crippen LogP contribution in [-0.2, 0) is 0 Å². The Morgan fingerprint density at radius 2 is 1.06 bits per heavy atom. The molecule has 0 N–H and O–H groups in total. The molecule has 0 aliphatic carbocycles. The number of hydrogen-bond acceptors (Lipinski definition) is 3. The average molecular weight is 435 g/mol. The molecule has 1 aliphatic rings. The zero-order valence-corrected chi connectivity index (χ0v) is 20.9. The predicted molar refractivity (Wildman–Crippen MR) is 141 cm³/mol. The van der Waals surface area contributed by atoms with Gasteiger partial charge in [0.25, 0.3) is 0 Å². The molecule has 3 heteroatoms. The number of nitrogens with zero attached hydrogens (tertiary/aromatic N) is 2. The molecule has 3 aromatic rings. The number of rotatable bonds is 3. The molecule has 0 amide bonds. The van der Waals surface area contributed by atoms with Gasteiger partial charge < -0.3 is 9.80 Å². The van der Waals surface area contributed by atoms with Crippen molar-refractivity contribution in [2.75, 3.05) is 43.2 Å². The third-order valence-corrected chi connectivity index (χ3v) is 6.06. The van der Waals surface area contributed by atoms with Crippen LogP contribution in [0.3, 0.4) is 0 Å². The first kappa shape index (κ1) is 24.9. The van der Waals surface area contributed by atoms with E-state index in [0.717, 1.165) is 0 Å². The first-order chi connectivity index (χ1) is 14.9. The van der Waals surface area contributed by atoms with Gasteiger partial charge in [-0.05, 0) is 76.3 Å². The van der Waals surface area contributed by atoms with Gasteiger partial charge in [-0.2, -0.15) is 0 Å². The quantitative estimate of drug-likeness (QED) is 0.397. The van der Waals surface area contributed by atoms with Crippen LogP contribution in [0.2, 0.25) is 0 Å². The van der Waals surface area contributed by atoms with Crippen LogP contribution in [0.5, 0.6) is 0 Å². The van der Waals surface area contributed by atoms with E-state index in [1.807, 2.05) is 14.1 Å². The highest BCUT2D eigenvalue weighted by atomic mass is 32.2. The molecule has 31 heavy (non-hydrogen) atoms. The summed E-state index contributed by atoms with van der Waals surface area (Å²) in [6, 6.07) is 25.8. The first-order valence-electron chi connectivity index (χ1n) is 11.1. The number of thioether (sulfide) groups is 1. The molecule has 0 bridgehead atoms. The Kier molecular flexibility index (Phi) is 10.5. The zero-order chi connectivity index (χ0) is 22.6. The molecule has 2 nitrogen and oxygen atoms in total. The lowest BCUT2D eigenvalue weighted by Gasteiger charge is -2.17. The lowest BCUT2D eigenvalue weighted by atomic mass is 10.2. The van der Waals surface area contributed by atoms with Crippen LogP contribution in [0.4, 0.5) is 11.4 Å². The minimum Gasteiger partial charge on any atom is -0.378 e. The van der Waals surface area contributed by atoms with E-state index in [-0.39, 0.29) is 0 Å². The van der Waals surface area contributed by atoms with Crippen LogP contribution in [-0.4, -0.2) is 33.4 Å². The predicted octanol–water partition coefficient (Wildman–Crippen LogP) is 7.37. The molecule has 0 aromatic heterocycles. The normalized spacial score (nSPS) is 12.4. The molecule has 0 radical (unpaired) electrons. The van der Waals surface area contributed by atoms with E-state index in [0.29, 0.717) is 0 Å².